The van der Waals surface area contributed by atoms with Crippen LogP contribution in [0.4, 0.5) is 0 Å². The lowest BCUT2D eigenvalue weighted by molar-refractivity contribution is 0.495. The van der Waals surface area contributed by atoms with Crippen molar-refractivity contribution >= 4 is 17.2 Å². The fraction of sp³-hybridized carbons (Fsp3) is 0.357. The zero-order valence-corrected chi connectivity index (χ0v) is 10.2. The van der Waals surface area contributed by atoms with Gasteiger partial charge < -0.3 is 9.88 Å². The molecule has 0 spiro atoms. The molecule has 17 heavy (non-hydrogen) atoms. The molecular formula is C14H17N2O. The molecule has 0 fully saturated rings. The van der Waals surface area contributed by atoms with Crippen molar-refractivity contribution in [3.63, 3.8) is 0 Å². The number of para-hydroxylation sites is 1. The van der Waals surface area contributed by atoms with Crippen LogP contribution in [-0.2, 0) is 11.3 Å². The highest BCUT2D eigenvalue weighted by Crippen LogP contribution is 2.19. The Labute approximate surface area is 101 Å². The van der Waals surface area contributed by atoms with Crippen LogP contribution in [0.1, 0.15) is 12.5 Å². The van der Waals surface area contributed by atoms with Crippen molar-refractivity contribution in [3.8, 4) is 0 Å². The van der Waals surface area contributed by atoms with Gasteiger partial charge in [0.2, 0.25) is 6.29 Å². The van der Waals surface area contributed by atoms with Gasteiger partial charge >= 0.3 is 0 Å². The molecule has 0 saturated carbocycles. The number of rotatable bonds is 5. The molecule has 2 aromatic rings. The summed E-state index contributed by atoms with van der Waals surface area (Å²) in [5.41, 5.74) is 2.55. The lowest BCUT2D eigenvalue weighted by atomic mass is 10.1. The zero-order valence-electron chi connectivity index (χ0n) is 10.2. The molecule has 2 rings (SSSR count). The van der Waals surface area contributed by atoms with Crippen LogP contribution in [0.2, 0.25) is 0 Å². The normalized spacial score (nSPS) is 12.8. The number of carbonyl (C=O) groups excluding carboxylic acids is 1. The number of benzene rings is 1. The van der Waals surface area contributed by atoms with Crippen molar-refractivity contribution in [1.29, 1.82) is 0 Å². The van der Waals surface area contributed by atoms with Crippen molar-refractivity contribution in [2.75, 3.05) is 6.54 Å². The van der Waals surface area contributed by atoms with Gasteiger partial charge in [-0.15, -0.1) is 0 Å². The Bertz CT molecular complexity index is 516. The smallest absolute Gasteiger partial charge is 0.213 e. The maximum atomic E-state index is 10.2. The maximum absolute atomic E-state index is 10.2. The van der Waals surface area contributed by atoms with Gasteiger partial charge in [0.1, 0.15) is 0 Å². The average molecular weight is 229 g/mol. The fourth-order valence-corrected chi connectivity index (χ4v) is 2.18. The summed E-state index contributed by atoms with van der Waals surface area (Å²) in [5, 5.41) is 4.37. The molecule has 1 atom stereocenters. The van der Waals surface area contributed by atoms with Crippen LogP contribution in [0, 0.1) is 6.92 Å². The maximum Gasteiger partial charge on any atom is 0.213 e. The first-order valence-corrected chi connectivity index (χ1v) is 5.85. The minimum absolute atomic E-state index is 0.256. The summed E-state index contributed by atoms with van der Waals surface area (Å²) in [4.78, 5) is 10.2. The Hall–Kier alpha value is -1.61. The van der Waals surface area contributed by atoms with E-state index >= 15 is 0 Å². The quantitative estimate of drug-likeness (QED) is 0.851. The van der Waals surface area contributed by atoms with Crippen molar-refractivity contribution in [1.82, 2.24) is 9.88 Å². The highest BCUT2D eigenvalue weighted by molar-refractivity contribution is 5.83. The van der Waals surface area contributed by atoms with E-state index in [0.717, 1.165) is 6.54 Å². The predicted octanol–water partition coefficient (Wildman–Crippen LogP) is 2.04. The molecule has 0 unspecified atom stereocenters. The second-order valence-electron chi connectivity index (χ2n) is 4.41. The summed E-state index contributed by atoms with van der Waals surface area (Å²) in [6, 6.07) is 8.70. The first kappa shape index (κ1) is 11.9. The lowest BCUT2D eigenvalue weighted by Crippen LogP contribution is -2.31. The van der Waals surface area contributed by atoms with Crippen LogP contribution in [0.15, 0.2) is 30.5 Å². The second kappa shape index (κ2) is 5.15. The van der Waals surface area contributed by atoms with Crippen molar-refractivity contribution in [3.05, 3.63) is 36.0 Å². The first-order valence-electron chi connectivity index (χ1n) is 5.85. The Morgan fingerprint density at radius 2 is 2.24 bits per heavy atom. The van der Waals surface area contributed by atoms with Crippen LogP contribution < -0.4 is 5.32 Å². The molecule has 0 aliphatic carbocycles. The minimum atomic E-state index is 0.256. The van der Waals surface area contributed by atoms with E-state index in [1.54, 1.807) is 0 Å². The van der Waals surface area contributed by atoms with E-state index in [4.69, 9.17) is 0 Å². The van der Waals surface area contributed by atoms with Gasteiger partial charge in [0.25, 0.3) is 0 Å². The minimum Gasteiger partial charge on any atom is -0.346 e. The Kier molecular flexibility index (Phi) is 3.59. The molecule has 0 bridgehead atoms. The van der Waals surface area contributed by atoms with Crippen molar-refractivity contribution in [2.24, 2.45) is 0 Å². The van der Waals surface area contributed by atoms with Gasteiger partial charge in [-0.05, 0) is 30.9 Å². The summed E-state index contributed by atoms with van der Waals surface area (Å²) in [6.45, 7) is 5.34. The van der Waals surface area contributed by atoms with E-state index in [0.29, 0.717) is 6.54 Å². The summed E-state index contributed by atoms with van der Waals surface area (Å²) in [5.74, 6) is 0. The van der Waals surface area contributed by atoms with Gasteiger partial charge in [-0.25, -0.2) is 0 Å². The monoisotopic (exact) mass is 229 g/mol. The van der Waals surface area contributed by atoms with Crippen LogP contribution in [0.5, 0.6) is 0 Å². The molecule has 3 nitrogen and oxygen atoms in total. The third-order valence-corrected chi connectivity index (χ3v) is 2.98. The molecule has 1 aromatic heterocycles. The van der Waals surface area contributed by atoms with Gasteiger partial charge in [-0.1, -0.05) is 18.2 Å². The van der Waals surface area contributed by atoms with Gasteiger partial charge in [0.15, 0.2) is 0 Å². The standard InChI is InChI=1S/C14H17N2O/c1-11-4-3-5-13-6-8-16(14(11)13)10-12(2)15-7-9-17/h3-6,8,12,15H,7,10H2,1-2H3/t12-/m0/s1. The molecule has 0 saturated heterocycles. The SMILES string of the molecule is Cc1cccc2ccn(C[C@H](C)NC[C]=O)c12. The number of aromatic nitrogens is 1. The number of fused-ring (bicyclic) bond motifs is 1. The summed E-state index contributed by atoms with van der Waals surface area (Å²) in [7, 11) is 0. The number of hydrogen-bond donors (Lipinski definition) is 1. The summed E-state index contributed by atoms with van der Waals surface area (Å²) >= 11 is 0. The molecular weight excluding hydrogens is 212 g/mol. The lowest BCUT2D eigenvalue weighted by Gasteiger charge is -2.14. The average Bonchev–Trinajstić information content (AvgIpc) is 2.71. The molecule has 3 heteroatoms. The van der Waals surface area contributed by atoms with Crippen LogP contribution in [0.3, 0.4) is 0 Å². The Morgan fingerprint density at radius 1 is 1.41 bits per heavy atom. The number of nitrogens with zero attached hydrogens (tertiary/aromatic N) is 1. The predicted molar refractivity (Wildman–Crippen MR) is 69.8 cm³/mol. The van der Waals surface area contributed by atoms with Gasteiger partial charge in [-0.2, -0.15) is 0 Å². The molecule has 1 radical (unpaired) electrons. The van der Waals surface area contributed by atoms with Gasteiger partial charge in [0, 0.05) is 18.8 Å². The van der Waals surface area contributed by atoms with Gasteiger partial charge in [-0.3, -0.25) is 4.79 Å². The Morgan fingerprint density at radius 3 is 3.00 bits per heavy atom. The fourth-order valence-electron chi connectivity index (χ4n) is 2.18. The van der Waals surface area contributed by atoms with Gasteiger partial charge in [0.05, 0.1) is 12.1 Å². The van der Waals surface area contributed by atoms with E-state index in [2.05, 4.69) is 54.2 Å². The topological polar surface area (TPSA) is 34.0 Å². The third-order valence-electron chi connectivity index (χ3n) is 2.98. The highest BCUT2D eigenvalue weighted by atomic mass is 16.1. The first-order chi connectivity index (χ1) is 8.22. The molecule has 89 valence electrons. The van der Waals surface area contributed by atoms with E-state index in [9.17, 15) is 4.79 Å². The molecule has 1 heterocycles. The largest absolute Gasteiger partial charge is 0.346 e. The molecule has 0 aliphatic heterocycles. The highest BCUT2D eigenvalue weighted by Gasteiger charge is 2.07. The van der Waals surface area contributed by atoms with E-state index < -0.39 is 0 Å². The number of aryl methyl sites for hydroxylation is 1. The van der Waals surface area contributed by atoms with E-state index in [1.165, 1.54) is 16.5 Å². The number of hydrogen-bond acceptors (Lipinski definition) is 2. The van der Waals surface area contributed by atoms with E-state index in [-0.39, 0.29) is 6.04 Å². The molecule has 0 amide bonds. The van der Waals surface area contributed by atoms with Crippen LogP contribution in [-0.4, -0.2) is 23.4 Å². The second-order valence-corrected chi connectivity index (χ2v) is 4.41. The number of nitrogens with one attached hydrogen (secondary N) is 1. The van der Waals surface area contributed by atoms with Crippen molar-refractivity contribution < 1.29 is 4.79 Å². The zero-order chi connectivity index (χ0) is 12.3. The Balaban J connectivity index is 2.21. The summed E-state index contributed by atoms with van der Waals surface area (Å²) < 4.78 is 2.23. The van der Waals surface area contributed by atoms with Crippen LogP contribution >= 0.6 is 0 Å². The van der Waals surface area contributed by atoms with Crippen LogP contribution in [0.25, 0.3) is 10.9 Å². The molecule has 1 aromatic carbocycles. The van der Waals surface area contributed by atoms with Crippen molar-refractivity contribution in [2.45, 2.75) is 26.4 Å². The third kappa shape index (κ3) is 2.56. The summed E-state index contributed by atoms with van der Waals surface area (Å²) in [6.07, 6.45) is 3.95. The molecule has 1 N–H and O–H groups in total. The van der Waals surface area contributed by atoms with E-state index in [1.807, 2.05) is 6.29 Å². The molecule has 0 aliphatic rings.